The van der Waals surface area contributed by atoms with E-state index in [0.717, 1.165) is 0 Å². The number of para-hydroxylation sites is 1. The number of anilines is 1. The Morgan fingerprint density at radius 2 is 1.83 bits per heavy atom. The van der Waals surface area contributed by atoms with Crippen LogP contribution in [0.5, 0.6) is 5.75 Å². The quantitative estimate of drug-likeness (QED) is 0.874. The number of phenols is 1. The van der Waals surface area contributed by atoms with Crippen molar-refractivity contribution in [3.63, 3.8) is 0 Å². The van der Waals surface area contributed by atoms with Gasteiger partial charge in [-0.15, -0.1) is 0 Å². The summed E-state index contributed by atoms with van der Waals surface area (Å²) in [7, 11) is 0. The smallest absolute Gasteiger partial charge is 0.255 e. The van der Waals surface area contributed by atoms with Crippen molar-refractivity contribution in [2.75, 3.05) is 5.32 Å². The van der Waals surface area contributed by atoms with Crippen LogP contribution in [-0.2, 0) is 0 Å². The van der Waals surface area contributed by atoms with Gasteiger partial charge in [0.15, 0.2) is 0 Å². The third kappa shape index (κ3) is 2.60. The lowest BCUT2D eigenvalue weighted by molar-refractivity contribution is 0.102. The van der Waals surface area contributed by atoms with Gasteiger partial charge in [0.05, 0.1) is 10.7 Å². The number of aromatic hydroxyl groups is 1. The second kappa shape index (κ2) is 5.06. The van der Waals surface area contributed by atoms with E-state index in [1.54, 1.807) is 0 Å². The largest absolute Gasteiger partial charge is 0.508 e. The van der Waals surface area contributed by atoms with Gasteiger partial charge in [-0.25, -0.2) is 4.39 Å². The number of halogens is 2. The second-order valence-electron chi connectivity index (χ2n) is 3.60. The molecule has 0 aliphatic heterocycles. The fraction of sp³-hybridized carbons (Fsp3) is 0. The summed E-state index contributed by atoms with van der Waals surface area (Å²) in [5.41, 5.74) is 0.240. The van der Waals surface area contributed by atoms with Gasteiger partial charge in [-0.05, 0) is 36.4 Å². The molecule has 0 bridgehead atoms. The van der Waals surface area contributed by atoms with Crippen molar-refractivity contribution in [1.82, 2.24) is 0 Å². The molecule has 0 fully saturated rings. The summed E-state index contributed by atoms with van der Waals surface area (Å²) in [6.45, 7) is 0. The monoisotopic (exact) mass is 265 g/mol. The molecule has 0 saturated carbocycles. The van der Waals surface area contributed by atoms with Gasteiger partial charge in [0, 0.05) is 5.56 Å². The lowest BCUT2D eigenvalue weighted by atomic mass is 10.2. The minimum atomic E-state index is -0.602. The summed E-state index contributed by atoms with van der Waals surface area (Å²) in [5.74, 6) is -1.05. The summed E-state index contributed by atoms with van der Waals surface area (Å²) in [4.78, 5) is 11.8. The molecule has 2 rings (SSSR count). The van der Waals surface area contributed by atoms with Crippen LogP contribution in [0.3, 0.4) is 0 Å². The Balaban J connectivity index is 2.24. The normalized spacial score (nSPS) is 10.1. The Labute approximate surface area is 108 Å². The Hall–Kier alpha value is -2.07. The maximum Gasteiger partial charge on any atom is 0.255 e. The number of amides is 1. The van der Waals surface area contributed by atoms with Crippen molar-refractivity contribution in [2.24, 2.45) is 0 Å². The fourth-order valence-electron chi connectivity index (χ4n) is 1.42. The third-order valence-corrected chi connectivity index (χ3v) is 2.65. The van der Waals surface area contributed by atoms with Crippen molar-refractivity contribution in [3.8, 4) is 5.75 Å². The molecular weight excluding hydrogens is 257 g/mol. The van der Waals surface area contributed by atoms with Gasteiger partial charge in [0.25, 0.3) is 5.91 Å². The fourth-order valence-corrected chi connectivity index (χ4v) is 1.63. The van der Waals surface area contributed by atoms with E-state index in [1.807, 2.05) is 0 Å². The van der Waals surface area contributed by atoms with Gasteiger partial charge in [0.1, 0.15) is 11.6 Å². The molecule has 18 heavy (non-hydrogen) atoms. The summed E-state index contributed by atoms with van der Waals surface area (Å²) < 4.78 is 13.5. The second-order valence-corrected chi connectivity index (χ2v) is 4.00. The van der Waals surface area contributed by atoms with Crippen LogP contribution in [0.4, 0.5) is 10.1 Å². The maximum absolute atomic E-state index is 13.5. The van der Waals surface area contributed by atoms with E-state index in [2.05, 4.69) is 5.32 Å². The first kappa shape index (κ1) is 12.4. The van der Waals surface area contributed by atoms with Gasteiger partial charge < -0.3 is 10.4 Å². The summed E-state index contributed by atoms with van der Waals surface area (Å²) in [6.07, 6.45) is 0. The molecule has 0 heterocycles. The molecular formula is C13H9ClFNO2. The lowest BCUT2D eigenvalue weighted by Crippen LogP contribution is -2.13. The van der Waals surface area contributed by atoms with Crippen molar-refractivity contribution in [2.45, 2.75) is 0 Å². The van der Waals surface area contributed by atoms with Crippen LogP contribution in [0.15, 0.2) is 42.5 Å². The number of carbonyl (C=O) groups excluding carboxylic acids is 1. The molecule has 1 amide bonds. The van der Waals surface area contributed by atoms with Gasteiger partial charge in [0.2, 0.25) is 0 Å². The predicted molar refractivity (Wildman–Crippen MR) is 67.5 cm³/mol. The highest BCUT2D eigenvalue weighted by Gasteiger charge is 2.12. The van der Waals surface area contributed by atoms with Gasteiger partial charge in [-0.2, -0.15) is 0 Å². The molecule has 3 nitrogen and oxygen atoms in total. The van der Waals surface area contributed by atoms with E-state index < -0.39 is 11.7 Å². The Morgan fingerprint density at radius 1 is 1.17 bits per heavy atom. The van der Waals surface area contributed by atoms with E-state index in [0.29, 0.717) is 5.56 Å². The third-order valence-electron chi connectivity index (χ3n) is 2.33. The Kier molecular flexibility index (Phi) is 3.48. The average molecular weight is 266 g/mol. The van der Waals surface area contributed by atoms with E-state index >= 15 is 0 Å². The molecule has 0 radical (unpaired) electrons. The van der Waals surface area contributed by atoms with E-state index in [4.69, 9.17) is 16.7 Å². The van der Waals surface area contributed by atoms with Crippen LogP contribution in [0.2, 0.25) is 5.02 Å². The number of benzene rings is 2. The molecule has 0 atom stereocenters. The van der Waals surface area contributed by atoms with Gasteiger partial charge >= 0.3 is 0 Å². The van der Waals surface area contributed by atoms with Crippen molar-refractivity contribution in [3.05, 3.63) is 58.9 Å². The molecule has 5 heteroatoms. The van der Waals surface area contributed by atoms with Crippen LogP contribution in [-0.4, -0.2) is 11.0 Å². The zero-order valence-corrected chi connectivity index (χ0v) is 9.91. The molecule has 2 aromatic carbocycles. The van der Waals surface area contributed by atoms with Crippen molar-refractivity contribution >= 4 is 23.2 Å². The standard InChI is InChI=1S/C13H9ClFNO2/c14-10-2-1-3-11(15)12(10)16-13(18)8-4-6-9(17)7-5-8/h1-7,17H,(H,16,18). The maximum atomic E-state index is 13.5. The van der Waals surface area contributed by atoms with E-state index in [9.17, 15) is 9.18 Å². The first-order valence-electron chi connectivity index (χ1n) is 5.12. The first-order valence-corrected chi connectivity index (χ1v) is 5.50. The number of nitrogens with one attached hydrogen (secondary N) is 1. The molecule has 0 saturated heterocycles. The van der Waals surface area contributed by atoms with Crippen molar-refractivity contribution < 1.29 is 14.3 Å². The topological polar surface area (TPSA) is 49.3 Å². The molecule has 0 aromatic heterocycles. The molecule has 0 spiro atoms. The van der Waals surface area contributed by atoms with Crippen LogP contribution >= 0.6 is 11.6 Å². The average Bonchev–Trinajstić information content (AvgIpc) is 2.34. The van der Waals surface area contributed by atoms with E-state index in [-0.39, 0.29) is 16.5 Å². The highest BCUT2D eigenvalue weighted by Crippen LogP contribution is 2.25. The minimum absolute atomic E-state index is 0.0514. The Morgan fingerprint density at radius 3 is 2.44 bits per heavy atom. The van der Waals surface area contributed by atoms with Gasteiger partial charge in [-0.1, -0.05) is 17.7 Å². The van der Waals surface area contributed by atoms with Crippen LogP contribution in [0, 0.1) is 5.82 Å². The predicted octanol–water partition coefficient (Wildman–Crippen LogP) is 3.44. The highest BCUT2D eigenvalue weighted by molar-refractivity contribution is 6.33. The Bertz CT molecular complexity index is 564. The summed E-state index contributed by atoms with van der Waals surface area (Å²) >= 11 is 5.79. The lowest BCUT2D eigenvalue weighted by Gasteiger charge is -2.08. The molecule has 0 aliphatic carbocycles. The molecule has 2 aromatic rings. The summed E-state index contributed by atoms with van der Waals surface area (Å²) in [5, 5.41) is 11.6. The van der Waals surface area contributed by atoms with Crippen LogP contribution < -0.4 is 5.32 Å². The SMILES string of the molecule is O=C(Nc1c(F)cccc1Cl)c1ccc(O)cc1. The first-order chi connectivity index (χ1) is 8.58. The molecule has 2 N–H and O–H groups in total. The number of rotatable bonds is 2. The van der Waals surface area contributed by atoms with Crippen molar-refractivity contribution in [1.29, 1.82) is 0 Å². The summed E-state index contributed by atoms with van der Waals surface area (Å²) in [6, 6.07) is 9.75. The molecule has 92 valence electrons. The molecule has 0 aliphatic rings. The number of carbonyl (C=O) groups is 1. The van der Waals surface area contributed by atoms with Crippen LogP contribution in [0.25, 0.3) is 0 Å². The number of hydrogen-bond acceptors (Lipinski definition) is 2. The number of hydrogen-bond donors (Lipinski definition) is 2. The zero-order chi connectivity index (χ0) is 13.1. The zero-order valence-electron chi connectivity index (χ0n) is 9.15. The highest BCUT2D eigenvalue weighted by atomic mass is 35.5. The minimum Gasteiger partial charge on any atom is -0.508 e. The van der Waals surface area contributed by atoms with Crippen LogP contribution in [0.1, 0.15) is 10.4 Å². The van der Waals surface area contributed by atoms with E-state index in [1.165, 1.54) is 42.5 Å². The molecule has 0 unspecified atom stereocenters. The van der Waals surface area contributed by atoms with Gasteiger partial charge in [-0.3, -0.25) is 4.79 Å². The number of phenolic OH excluding ortho intramolecular Hbond substituents is 1.